The lowest BCUT2D eigenvalue weighted by molar-refractivity contribution is -0.115. The molecule has 0 fully saturated rings. The van der Waals surface area contributed by atoms with E-state index in [9.17, 15) is 4.79 Å². The van der Waals surface area contributed by atoms with E-state index in [0.29, 0.717) is 0 Å². The standard InChI is InChI=1S/C3H7NO.C3H8O2/c1-4(2)3-5;1-3(5)2-4/h3H,1-2H3;3-5H,2H2,1H3. The van der Waals surface area contributed by atoms with Crippen LogP contribution in [-0.2, 0) is 4.79 Å². The number of carbonyl (C=O) groups is 1. The Balaban J connectivity index is 0. The van der Waals surface area contributed by atoms with E-state index in [1.807, 2.05) is 0 Å². The molecule has 62 valence electrons. The van der Waals surface area contributed by atoms with Gasteiger partial charge in [-0.1, -0.05) is 0 Å². The molecule has 0 saturated carbocycles. The van der Waals surface area contributed by atoms with Gasteiger partial charge in [0.2, 0.25) is 6.41 Å². The Morgan fingerprint density at radius 3 is 1.80 bits per heavy atom. The Bertz CT molecular complexity index is 73.4. The van der Waals surface area contributed by atoms with E-state index >= 15 is 0 Å². The highest BCUT2D eigenvalue weighted by Gasteiger charge is 1.83. The minimum atomic E-state index is -0.560. The van der Waals surface area contributed by atoms with Crippen molar-refractivity contribution in [3.8, 4) is 0 Å². The van der Waals surface area contributed by atoms with Crippen LogP contribution in [0.1, 0.15) is 6.92 Å². The maximum atomic E-state index is 9.43. The van der Waals surface area contributed by atoms with E-state index in [2.05, 4.69) is 0 Å². The normalized spacial score (nSPS) is 10.9. The maximum absolute atomic E-state index is 9.43. The molecule has 0 heterocycles. The van der Waals surface area contributed by atoms with E-state index in [-0.39, 0.29) is 6.61 Å². The number of amides is 1. The second kappa shape index (κ2) is 8.39. The SMILES string of the molecule is CC(O)CO.CN(C)C=O. The largest absolute Gasteiger partial charge is 0.394 e. The van der Waals surface area contributed by atoms with E-state index in [1.54, 1.807) is 14.1 Å². The Kier molecular flexibility index (Phi) is 10.2. The molecule has 4 heteroatoms. The summed E-state index contributed by atoms with van der Waals surface area (Å²) in [5.74, 6) is 0. The Hall–Kier alpha value is -0.610. The third-order valence-corrected chi connectivity index (χ3v) is 0.475. The summed E-state index contributed by atoms with van der Waals surface area (Å²) in [6.07, 6.45) is 0.190. The third kappa shape index (κ3) is 26.3. The molecule has 0 saturated heterocycles. The lowest BCUT2D eigenvalue weighted by Gasteiger charge is -1.93. The predicted octanol–water partition coefficient (Wildman–Crippen LogP) is -0.936. The van der Waals surface area contributed by atoms with Crippen molar-refractivity contribution in [3.05, 3.63) is 0 Å². The van der Waals surface area contributed by atoms with Crippen molar-refractivity contribution in [1.82, 2.24) is 4.90 Å². The van der Waals surface area contributed by atoms with Crippen LogP contribution in [0, 0.1) is 0 Å². The summed E-state index contributed by atoms with van der Waals surface area (Å²) in [6.45, 7) is 1.39. The number of aliphatic hydroxyl groups excluding tert-OH is 2. The second-order valence-corrected chi connectivity index (χ2v) is 2.10. The molecule has 0 rings (SSSR count). The first-order valence-electron chi connectivity index (χ1n) is 2.95. The molecule has 0 aromatic rings. The molecule has 0 spiro atoms. The molecular formula is C6H15NO3. The summed E-state index contributed by atoms with van der Waals surface area (Å²) in [4.78, 5) is 10.9. The van der Waals surface area contributed by atoms with Gasteiger partial charge in [-0.3, -0.25) is 4.79 Å². The Labute approximate surface area is 61.1 Å². The number of carbonyl (C=O) groups excluding carboxylic acids is 1. The first-order chi connectivity index (χ1) is 4.54. The fourth-order valence-corrected chi connectivity index (χ4v) is 0. The van der Waals surface area contributed by atoms with Gasteiger partial charge in [-0.25, -0.2) is 0 Å². The van der Waals surface area contributed by atoms with E-state index in [1.165, 1.54) is 11.8 Å². The van der Waals surface area contributed by atoms with Crippen LogP contribution >= 0.6 is 0 Å². The monoisotopic (exact) mass is 149 g/mol. The summed E-state index contributed by atoms with van der Waals surface area (Å²) >= 11 is 0. The lowest BCUT2D eigenvalue weighted by atomic mass is 10.5. The molecule has 4 nitrogen and oxygen atoms in total. The van der Waals surface area contributed by atoms with Gasteiger partial charge in [-0.15, -0.1) is 0 Å². The molecule has 1 amide bonds. The van der Waals surface area contributed by atoms with Crippen molar-refractivity contribution in [1.29, 1.82) is 0 Å². The molecule has 10 heavy (non-hydrogen) atoms. The van der Waals surface area contributed by atoms with Gasteiger partial charge in [0.15, 0.2) is 0 Å². The lowest BCUT2D eigenvalue weighted by Crippen LogP contribution is -2.06. The zero-order chi connectivity index (χ0) is 8.57. The molecule has 0 bridgehead atoms. The van der Waals surface area contributed by atoms with Gasteiger partial charge in [0.05, 0.1) is 12.7 Å². The van der Waals surface area contributed by atoms with Gasteiger partial charge in [-0.05, 0) is 6.92 Å². The van der Waals surface area contributed by atoms with Crippen LogP contribution in [0.2, 0.25) is 0 Å². The third-order valence-electron chi connectivity index (χ3n) is 0.475. The molecule has 1 atom stereocenters. The predicted molar refractivity (Wildman–Crippen MR) is 38.5 cm³/mol. The van der Waals surface area contributed by atoms with Gasteiger partial charge < -0.3 is 15.1 Å². The molecule has 0 aromatic carbocycles. The average molecular weight is 149 g/mol. The second-order valence-electron chi connectivity index (χ2n) is 2.10. The zero-order valence-corrected chi connectivity index (χ0v) is 6.61. The quantitative estimate of drug-likeness (QED) is 0.498. The van der Waals surface area contributed by atoms with E-state index in [0.717, 1.165) is 6.41 Å². The summed E-state index contributed by atoms with van der Waals surface area (Å²) in [6, 6.07) is 0. The summed E-state index contributed by atoms with van der Waals surface area (Å²) in [5, 5.41) is 16.0. The van der Waals surface area contributed by atoms with E-state index < -0.39 is 6.10 Å². The summed E-state index contributed by atoms with van der Waals surface area (Å²) < 4.78 is 0. The van der Waals surface area contributed by atoms with Crippen molar-refractivity contribution < 1.29 is 15.0 Å². The molecule has 0 aliphatic carbocycles. The van der Waals surface area contributed by atoms with Crippen LogP contribution in [0.4, 0.5) is 0 Å². The summed E-state index contributed by atoms with van der Waals surface area (Å²) in [7, 11) is 3.38. The van der Waals surface area contributed by atoms with Gasteiger partial charge in [0.1, 0.15) is 0 Å². The van der Waals surface area contributed by atoms with E-state index in [4.69, 9.17) is 10.2 Å². The molecular weight excluding hydrogens is 134 g/mol. The molecule has 0 radical (unpaired) electrons. The van der Waals surface area contributed by atoms with Crippen molar-refractivity contribution in [3.63, 3.8) is 0 Å². The van der Waals surface area contributed by atoms with Crippen LogP contribution in [-0.4, -0.2) is 48.3 Å². The fraction of sp³-hybridized carbons (Fsp3) is 0.833. The molecule has 1 unspecified atom stereocenters. The number of nitrogens with zero attached hydrogens (tertiary/aromatic N) is 1. The zero-order valence-electron chi connectivity index (χ0n) is 6.61. The first kappa shape index (κ1) is 12.1. The van der Waals surface area contributed by atoms with Crippen LogP contribution < -0.4 is 0 Å². The van der Waals surface area contributed by atoms with Crippen LogP contribution in [0.15, 0.2) is 0 Å². The van der Waals surface area contributed by atoms with Gasteiger partial charge >= 0.3 is 0 Å². The molecule has 0 aliphatic heterocycles. The minimum absolute atomic E-state index is 0.139. The maximum Gasteiger partial charge on any atom is 0.209 e. The first-order valence-corrected chi connectivity index (χ1v) is 2.95. The Morgan fingerprint density at radius 1 is 1.60 bits per heavy atom. The summed E-state index contributed by atoms with van der Waals surface area (Å²) in [5.41, 5.74) is 0. The van der Waals surface area contributed by atoms with Gasteiger partial charge in [-0.2, -0.15) is 0 Å². The molecule has 2 N–H and O–H groups in total. The molecule has 0 aromatic heterocycles. The smallest absolute Gasteiger partial charge is 0.209 e. The minimum Gasteiger partial charge on any atom is -0.394 e. The van der Waals surface area contributed by atoms with Crippen LogP contribution in [0.3, 0.4) is 0 Å². The fourth-order valence-electron chi connectivity index (χ4n) is 0. The van der Waals surface area contributed by atoms with Crippen LogP contribution in [0.5, 0.6) is 0 Å². The number of hydrogen-bond donors (Lipinski definition) is 2. The van der Waals surface area contributed by atoms with Crippen LogP contribution in [0.25, 0.3) is 0 Å². The van der Waals surface area contributed by atoms with Crippen molar-refractivity contribution >= 4 is 6.41 Å². The highest BCUT2D eigenvalue weighted by molar-refractivity contribution is 5.45. The Morgan fingerprint density at radius 2 is 1.80 bits per heavy atom. The average Bonchev–Trinajstić information content (AvgIpc) is 1.89. The van der Waals surface area contributed by atoms with Gasteiger partial charge in [0, 0.05) is 14.1 Å². The highest BCUT2D eigenvalue weighted by Crippen LogP contribution is 1.68. The highest BCUT2D eigenvalue weighted by atomic mass is 16.3. The van der Waals surface area contributed by atoms with Crippen molar-refractivity contribution in [2.45, 2.75) is 13.0 Å². The van der Waals surface area contributed by atoms with Crippen molar-refractivity contribution in [2.75, 3.05) is 20.7 Å². The molecule has 0 aliphatic rings. The van der Waals surface area contributed by atoms with Crippen molar-refractivity contribution in [2.24, 2.45) is 0 Å². The number of hydrogen-bond acceptors (Lipinski definition) is 3. The topological polar surface area (TPSA) is 60.8 Å². The van der Waals surface area contributed by atoms with Gasteiger partial charge in [0.25, 0.3) is 0 Å². The number of aliphatic hydroxyl groups is 2. The number of rotatable bonds is 2.